The van der Waals surface area contributed by atoms with Gasteiger partial charge in [0.2, 0.25) is 0 Å². The van der Waals surface area contributed by atoms with Gasteiger partial charge in [-0.2, -0.15) is 13.2 Å². The zero-order valence-corrected chi connectivity index (χ0v) is 15.9. The number of carbonyl (C=O) groups is 1. The van der Waals surface area contributed by atoms with Crippen LogP contribution in [0.3, 0.4) is 0 Å². The molecule has 2 aromatic carbocycles. The van der Waals surface area contributed by atoms with Gasteiger partial charge in [0, 0.05) is 27.5 Å². The SMILES string of the molecule is Cc1cc(C)nc(Sc2ccc(NC(=O)c3ccc(C(F)(F)F)cc3)cc2)n1. The van der Waals surface area contributed by atoms with E-state index in [4.69, 9.17) is 0 Å². The van der Waals surface area contributed by atoms with E-state index in [1.165, 1.54) is 11.8 Å². The highest BCUT2D eigenvalue weighted by atomic mass is 32.2. The van der Waals surface area contributed by atoms with Crippen LogP contribution in [0.5, 0.6) is 0 Å². The lowest BCUT2D eigenvalue weighted by Gasteiger charge is -2.09. The molecule has 1 N–H and O–H groups in total. The number of aromatic nitrogens is 2. The standard InChI is InChI=1S/C20H16F3N3OS/c1-12-11-13(2)25-19(24-12)28-17-9-7-16(8-10-17)26-18(27)14-3-5-15(6-4-14)20(21,22)23/h3-11H,1-2H3,(H,26,27). The molecule has 8 heteroatoms. The molecular formula is C20H16F3N3OS. The van der Waals surface area contributed by atoms with Crippen LogP contribution in [0.2, 0.25) is 0 Å². The Bertz CT molecular complexity index is 967. The highest BCUT2D eigenvalue weighted by Gasteiger charge is 2.30. The zero-order valence-electron chi connectivity index (χ0n) is 15.0. The Morgan fingerprint density at radius 1 is 0.929 bits per heavy atom. The van der Waals surface area contributed by atoms with Crippen LogP contribution >= 0.6 is 11.8 Å². The second kappa shape index (κ2) is 8.02. The molecule has 0 aliphatic carbocycles. The van der Waals surface area contributed by atoms with Gasteiger partial charge in [-0.3, -0.25) is 4.79 Å². The van der Waals surface area contributed by atoms with Crippen LogP contribution in [0, 0.1) is 13.8 Å². The molecule has 4 nitrogen and oxygen atoms in total. The molecule has 1 amide bonds. The fourth-order valence-electron chi connectivity index (χ4n) is 2.46. The van der Waals surface area contributed by atoms with Gasteiger partial charge in [0.25, 0.3) is 5.91 Å². The third-order valence-electron chi connectivity index (χ3n) is 3.76. The van der Waals surface area contributed by atoms with Crippen molar-refractivity contribution in [2.75, 3.05) is 5.32 Å². The predicted molar refractivity (Wildman–Crippen MR) is 101 cm³/mol. The zero-order chi connectivity index (χ0) is 20.3. The fraction of sp³-hybridized carbons (Fsp3) is 0.150. The monoisotopic (exact) mass is 403 g/mol. The van der Waals surface area contributed by atoms with Crippen LogP contribution in [0.25, 0.3) is 0 Å². The normalized spacial score (nSPS) is 11.3. The number of anilines is 1. The Kier molecular flexibility index (Phi) is 5.69. The van der Waals surface area contributed by atoms with E-state index in [0.29, 0.717) is 10.8 Å². The number of aryl methyl sites for hydroxylation is 2. The summed E-state index contributed by atoms with van der Waals surface area (Å²) in [5.74, 6) is -0.480. The van der Waals surface area contributed by atoms with Crippen molar-refractivity contribution < 1.29 is 18.0 Å². The van der Waals surface area contributed by atoms with Gasteiger partial charge in [-0.05, 0) is 80.2 Å². The lowest BCUT2D eigenvalue weighted by atomic mass is 10.1. The first-order valence-electron chi connectivity index (χ1n) is 8.29. The number of alkyl halides is 3. The Hall–Kier alpha value is -2.87. The van der Waals surface area contributed by atoms with E-state index in [1.54, 1.807) is 12.1 Å². The molecule has 0 spiro atoms. The first-order valence-corrected chi connectivity index (χ1v) is 9.11. The van der Waals surface area contributed by atoms with Crippen molar-refractivity contribution in [3.05, 3.63) is 77.1 Å². The van der Waals surface area contributed by atoms with Crippen LogP contribution in [-0.2, 0) is 6.18 Å². The van der Waals surface area contributed by atoms with Gasteiger partial charge < -0.3 is 5.32 Å². The molecule has 3 rings (SSSR count). The number of amides is 1. The highest BCUT2D eigenvalue weighted by molar-refractivity contribution is 7.99. The second-order valence-corrected chi connectivity index (χ2v) is 7.13. The number of halogens is 3. The quantitative estimate of drug-likeness (QED) is 0.583. The third kappa shape index (κ3) is 5.10. The number of rotatable bonds is 4. The van der Waals surface area contributed by atoms with Gasteiger partial charge in [-0.15, -0.1) is 0 Å². The molecule has 1 aromatic heterocycles. The molecule has 0 bridgehead atoms. The Balaban J connectivity index is 1.66. The number of benzene rings is 2. The van der Waals surface area contributed by atoms with E-state index in [0.717, 1.165) is 40.5 Å². The van der Waals surface area contributed by atoms with Crippen molar-refractivity contribution in [2.45, 2.75) is 30.1 Å². The van der Waals surface area contributed by atoms with Gasteiger partial charge in [0.05, 0.1) is 5.56 Å². The van der Waals surface area contributed by atoms with E-state index in [-0.39, 0.29) is 5.56 Å². The Labute approximate surface area is 164 Å². The van der Waals surface area contributed by atoms with Gasteiger partial charge in [-0.25, -0.2) is 9.97 Å². The molecule has 0 aliphatic rings. The van der Waals surface area contributed by atoms with E-state index in [1.807, 2.05) is 32.0 Å². The number of carbonyl (C=O) groups excluding carboxylic acids is 1. The summed E-state index contributed by atoms with van der Waals surface area (Å²) in [6.07, 6.45) is -4.43. The summed E-state index contributed by atoms with van der Waals surface area (Å²) in [5, 5.41) is 3.30. The fourth-order valence-corrected chi connectivity index (χ4v) is 3.33. The molecule has 3 aromatic rings. The van der Waals surface area contributed by atoms with Crippen LogP contribution in [-0.4, -0.2) is 15.9 Å². The smallest absolute Gasteiger partial charge is 0.322 e. The lowest BCUT2D eigenvalue weighted by Crippen LogP contribution is -2.12. The van der Waals surface area contributed by atoms with Crippen molar-refractivity contribution in [2.24, 2.45) is 0 Å². The van der Waals surface area contributed by atoms with Crippen molar-refractivity contribution in [3.8, 4) is 0 Å². The van der Waals surface area contributed by atoms with Gasteiger partial charge in [-0.1, -0.05) is 0 Å². The molecular weight excluding hydrogens is 387 g/mol. The molecule has 0 atom stereocenters. The highest BCUT2D eigenvalue weighted by Crippen LogP contribution is 2.29. The van der Waals surface area contributed by atoms with E-state index >= 15 is 0 Å². The van der Waals surface area contributed by atoms with Gasteiger partial charge in [0.15, 0.2) is 5.16 Å². The third-order valence-corrected chi connectivity index (χ3v) is 4.63. The summed E-state index contributed by atoms with van der Waals surface area (Å²) >= 11 is 1.40. The summed E-state index contributed by atoms with van der Waals surface area (Å²) in [6, 6.07) is 13.0. The summed E-state index contributed by atoms with van der Waals surface area (Å²) in [7, 11) is 0. The van der Waals surface area contributed by atoms with Crippen molar-refractivity contribution in [3.63, 3.8) is 0 Å². The average molecular weight is 403 g/mol. The lowest BCUT2D eigenvalue weighted by molar-refractivity contribution is -0.137. The van der Waals surface area contributed by atoms with Crippen molar-refractivity contribution >= 4 is 23.4 Å². The molecule has 0 fully saturated rings. The summed E-state index contributed by atoms with van der Waals surface area (Å²) < 4.78 is 37.8. The van der Waals surface area contributed by atoms with Crippen LogP contribution in [0.1, 0.15) is 27.3 Å². The minimum atomic E-state index is -4.43. The maximum Gasteiger partial charge on any atom is 0.416 e. The Morgan fingerprint density at radius 2 is 1.50 bits per heavy atom. The maximum atomic E-state index is 12.6. The Morgan fingerprint density at radius 3 is 2.04 bits per heavy atom. The molecule has 0 saturated carbocycles. The van der Waals surface area contributed by atoms with Crippen LogP contribution in [0.15, 0.2) is 64.6 Å². The first kappa shape index (κ1) is 19.9. The first-order chi connectivity index (χ1) is 13.2. The minimum Gasteiger partial charge on any atom is -0.322 e. The molecule has 0 saturated heterocycles. The minimum absolute atomic E-state index is 0.148. The number of hydrogen-bond acceptors (Lipinski definition) is 4. The average Bonchev–Trinajstić information content (AvgIpc) is 2.62. The molecule has 144 valence electrons. The van der Waals surface area contributed by atoms with Crippen molar-refractivity contribution in [1.29, 1.82) is 0 Å². The summed E-state index contributed by atoms with van der Waals surface area (Å²) in [5.41, 5.74) is 1.66. The predicted octanol–water partition coefficient (Wildman–Crippen LogP) is 5.52. The number of nitrogens with zero attached hydrogens (tertiary/aromatic N) is 2. The van der Waals surface area contributed by atoms with Gasteiger partial charge in [0.1, 0.15) is 0 Å². The van der Waals surface area contributed by atoms with Gasteiger partial charge >= 0.3 is 6.18 Å². The second-order valence-electron chi connectivity index (χ2n) is 6.09. The summed E-state index contributed by atoms with van der Waals surface area (Å²) in [4.78, 5) is 21.8. The van der Waals surface area contributed by atoms with Crippen LogP contribution in [0.4, 0.5) is 18.9 Å². The van der Waals surface area contributed by atoms with Crippen molar-refractivity contribution in [1.82, 2.24) is 9.97 Å². The topological polar surface area (TPSA) is 54.9 Å². The molecule has 1 heterocycles. The van der Waals surface area contributed by atoms with E-state index < -0.39 is 17.6 Å². The van der Waals surface area contributed by atoms with Crippen LogP contribution < -0.4 is 5.32 Å². The van der Waals surface area contributed by atoms with E-state index in [9.17, 15) is 18.0 Å². The summed E-state index contributed by atoms with van der Waals surface area (Å²) in [6.45, 7) is 3.80. The molecule has 0 radical (unpaired) electrons. The molecule has 0 unspecified atom stereocenters. The van der Waals surface area contributed by atoms with E-state index in [2.05, 4.69) is 15.3 Å². The number of hydrogen-bond donors (Lipinski definition) is 1. The number of nitrogens with one attached hydrogen (secondary N) is 1. The largest absolute Gasteiger partial charge is 0.416 e. The maximum absolute atomic E-state index is 12.6. The molecule has 28 heavy (non-hydrogen) atoms. The molecule has 0 aliphatic heterocycles.